The zero-order valence-corrected chi connectivity index (χ0v) is 15.6. The number of esters is 1. The molecule has 1 saturated carbocycles. The Bertz CT molecular complexity index is 952. The second kappa shape index (κ2) is 5.96. The van der Waals surface area contributed by atoms with Crippen molar-refractivity contribution in [1.29, 1.82) is 0 Å². The number of hydrogen-bond acceptors (Lipinski definition) is 7. The van der Waals surface area contributed by atoms with Crippen molar-refractivity contribution in [3.05, 3.63) is 35.1 Å². The highest BCUT2D eigenvalue weighted by Gasteiger charge is 2.70. The summed E-state index contributed by atoms with van der Waals surface area (Å²) in [6.07, 6.45) is 1.64. The predicted molar refractivity (Wildman–Crippen MR) is 97.2 cm³/mol. The molecule has 8 heteroatoms. The van der Waals surface area contributed by atoms with Gasteiger partial charge in [0.1, 0.15) is 5.76 Å². The minimum absolute atomic E-state index is 0.0223. The van der Waals surface area contributed by atoms with Crippen LogP contribution >= 0.6 is 0 Å². The first-order valence-corrected chi connectivity index (χ1v) is 9.84. The lowest BCUT2D eigenvalue weighted by atomic mass is 9.47. The second-order valence-corrected chi connectivity index (χ2v) is 8.48. The van der Waals surface area contributed by atoms with Crippen LogP contribution < -0.4 is 4.74 Å². The van der Waals surface area contributed by atoms with E-state index in [4.69, 9.17) is 14.6 Å². The third-order valence-electron chi connectivity index (χ3n) is 7.14. The zero-order chi connectivity index (χ0) is 20.6. The number of carbonyl (C=O) groups is 2. The molecule has 2 bridgehead atoms. The summed E-state index contributed by atoms with van der Waals surface area (Å²) in [5.74, 6) is -1.87. The maximum Gasteiger partial charge on any atom is 0.333 e. The number of benzene rings is 1. The number of aliphatic hydroxyl groups is 2. The normalized spacial score (nSPS) is 34.5. The third-order valence-corrected chi connectivity index (χ3v) is 7.14. The number of aromatic hydroxyl groups is 1. The molecule has 4 aliphatic rings. The van der Waals surface area contributed by atoms with Gasteiger partial charge in [0.15, 0.2) is 23.7 Å². The van der Waals surface area contributed by atoms with Gasteiger partial charge in [-0.05, 0) is 49.3 Å². The summed E-state index contributed by atoms with van der Waals surface area (Å²) in [6, 6.07) is 3.45. The SMILES string of the molecule is O=C(C[C@H](O)C(=O)O)OC1=CC[C@@]2(O)[C@@H]3CCC[C@@]24c2c(ccc(O)c2O[C@@H]14)C3. The number of aliphatic carboxylic acids is 1. The molecular weight excluding hydrogens is 380 g/mol. The van der Waals surface area contributed by atoms with Crippen LogP contribution in [0.3, 0.4) is 0 Å². The summed E-state index contributed by atoms with van der Waals surface area (Å²) in [5, 5.41) is 40.5. The van der Waals surface area contributed by atoms with Gasteiger partial charge < -0.3 is 29.9 Å². The first kappa shape index (κ1) is 18.4. The van der Waals surface area contributed by atoms with Gasteiger partial charge in [0.2, 0.25) is 0 Å². The number of carboxylic acid groups (broad SMARTS) is 1. The van der Waals surface area contributed by atoms with E-state index in [9.17, 15) is 24.9 Å². The zero-order valence-electron chi connectivity index (χ0n) is 15.6. The fourth-order valence-electron chi connectivity index (χ4n) is 5.95. The molecule has 1 aromatic rings. The van der Waals surface area contributed by atoms with E-state index in [0.29, 0.717) is 18.6 Å². The Balaban J connectivity index is 1.57. The fraction of sp³-hybridized carbons (Fsp3) is 0.524. The standard InChI is InChI=1S/C21H22O8/c22-12-4-3-10-8-11-2-1-6-20-16(10)17(12)29-18(20)14(5-7-21(11,20)27)28-15(24)9-13(23)19(25)26/h3-5,11,13,18,22-23,27H,1-2,6-9H2,(H,25,26)/t11-,13+,18+,20+,21-/m1/s1. The molecule has 0 saturated heterocycles. The summed E-state index contributed by atoms with van der Waals surface area (Å²) < 4.78 is 11.5. The molecule has 1 heterocycles. The molecule has 5 rings (SSSR count). The van der Waals surface area contributed by atoms with Crippen molar-refractivity contribution in [3.8, 4) is 11.5 Å². The van der Waals surface area contributed by atoms with Crippen LogP contribution in [-0.4, -0.2) is 50.2 Å². The second-order valence-electron chi connectivity index (χ2n) is 8.48. The summed E-state index contributed by atoms with van der Waals surface area (Å²) in [4.78, 5) is 23.0. The lowest BCUT2D eigenvalue weighted by Gasteiger charge is -2.59. The van der Waals surface area contributed by atoms with Gasteiger partial charge in [-0.2, -0.15) is 0 Å². The number of ether oxygens (including phenoxy) is 2. The largest absolute Gasteiger partial charge is 0.504 e. The molecular formula is C21H22O8. The van der Waals surface area contributed by atoms with Crippen LogP contribution in [0.15, 0.2) is 24.0 Å². The molecule has 0 radical (unpaired) electrons. The summed E-state index contributed by atoms with van der Waals surface area (Å²) in [7, 11) is 0. The monoisotopic (exact) mass is 402 g/mol. The van der Waals surface area contributed by atoms with E-state index in [1.54, 1.807) is 12.1 Å². The van der Waals surface area contributed by atoms with Crippen LogP contribution in [0.2, 0.25) is 0 Å². The molecule has 0 amide bonds. The first-order valence-electron chi connectivity index (χ1n) is 9.84. The summed E-state index contributed by atoms with van der Waals surface area (Å²) >= 11 is 0. The number of rotatable bonds is 4. The van der Waals surface area contributed by atoms with Crippen molar-refractivity contribution >= 4 is 11.9 Å². The molecule has 5 atom stereocenters. The number of phenolic OH excluding ortho intramolecular Hbond substituents is 1. The maximum atomic E-state index is 12.2. The first-order chi connectivity index (χ1) is 13.8. The quantitative estimate of drug-likeness (QED) is 0.551. The number of aliphatic hydroxyl groups excluding tert-OH is 1. The number of carbonyl (C=O) groups excluding carboxylic acids is 1. The predicted octanol–water partition coefficient (Wildman–Crippen LogP) is 1.14. The number of carboxylic acids is 1. The molecule has 0 aromatic heterocycles. The van der Waals surface area contributed by atoms with Crippen LogP contribution in [0.5, 0.6) is 11.5 Å². The van der Waals surface area contributed by atoms with E-state index in [1.807, 2.05) is 6.07 Å². The molecule has 29 heavy (non-hydrogen) atoms. The Hall–Kier alpha value is -2.58. The molecule has 1 fully saturated rings. The van der Waals surface area contributed by atoms with Crippen LogP contribution in [0.4, 0.5) is 0 Å². The van der Waals surface area contributed by atoms with Gasteiger partial charge in [-0.15, -0.1) is 0 Å². The van der Waals surface area contributed by atoms with Gasteiger partial charge in [0.05, 0.1) is 17.4 Å². The van der Waals surface area contributed by atoms with Crippen molar-refractivity contribution < 1.29 is 39.5 Å². The Morgan fingerprint density at radius 3 is 2.90 bits per heavy atom. The topological polar surface area (TPSA) is 134 Å². The molecule has 3 aliphatic carbocycles. The smallest absolute Gasteiger partial charge is 0.333 e. The van der Waals surface area contributed by atoms with Gasteiger partial charge in [-0.25, -0.2) is 4.79 Å². The van der Waals surface area contributed by atoms with E-state index < -0.39 is 41.6 Å². The highest BCUT2D eigenvalue weighted by molar-refractivity contribution is 5.81. The van der Waals surface area contributed by atoms with Crippen molar-refractivity contribution in [2.75, 3.05) is 0 Å². The Kier molecular flexibility index (Phi) is 3.79. The average Bonchev–Trinajstić information content (AvgIpc) is 3.00. The minimum atomic E-state index is -1.85. The van der Waals surface area contributed by atoms with E-state index in [2.05, 4.69) is 0 Å². The van der Waals surface area contributed by atoms with E-state index in [1.165, 1.54) is 0 Å². The molecule has 1 spiro atoms. The average molecular weight is 402 g/mol. The van der Waals surface area contributed by atoms with Crippen molar-refractivity contribution in [1.82, 2.24) is 0 Å². The van der Waals surface area contributed by atoms with Crippen LogP contribution in [0.1, 0.15) is 43.2 Å². The Morgan fingerprint density at radius 1 is 1.34 bits per heavy atom. The van der Waals surface area contributed by atoms with E-state index in [0.717, 1.165) is 24.0 Å². The lowest BCUT2D eigenvalue weighted by molar-refractivity contribution is -0.163. The van der Waals surface area contributed by atoms with Crippen molar-refractivity contribution in [2.45, 2.75) is 61.7 Å². The molecule has 8 nitrogen and oxygen atoms in total. The third kappa shape index (κ3) is 2.27. The maximum absolute atomic E-state index is 12.2. The molecule has 4 N–H and O–H groups in total. The number of hydrogen-bond donors (Lipinski definition) is 4. The number of phenols is 1. The van der Waals surface area contributed by atoms with Crippen LogP contribution in [-0.2, 0) is 26.2 Å². The van der Waals surface area contributed by atoms with Gasteiger partial charge in [-0.1, -0.05) is 12.5 Å². The van der Waals surface area contributed by atoms with Crippen molar-refractivity contribution in [3.63, 3.8) is 0 Å². The van der Waals surface area contributed by atoms with Crippen LogP contribution in [0.25, 0.3) is 0 Å². The molecule has 1 aliphatic heterocycles. The van der Waals surface area contributed by atoms with Gasteiger partial charge >= 0.3 is 11.9 Å². The molecule has 154 valence electrons. The molecule has 1 aromatic carbocycles. The Morgan fingerprint density at radius 2 is 2.14 bits per heavy atom. The summed E-state index contributed by atoms with van der Waals surface area (Å²) in [5.41, 5.74) is -0.0667. The van der Waals surface area contributed by atoms with Crippen molar-refractivity contribution in [2.24, 2.45) is 5.92 Å². The lowest BCUT2D eigenvalue weighted by Crippen LogP contribution is -2.67. The molecule has 0 unspecified atom stereocenters. The fourth-order valence-corrected chi connectivity index (χ4v) is 5.95. The summed E-state index contributed by atoms with van der Waals surface area (Å²) in [6.45, 7) is 0. The van der Waals surface area contributed by atoms with E-state index in [-0.39, 0.29) is 23.8 Å². The minimum Gasteiger partial charge on any atom is -0.504 e. The highest BCUT2D eigenvalue weighted by atomic mass is 16.6. The highest BCUT2D eigenvalue weighted by Crippen LogP contribution is 2.67. The van der Waals surface area contributed by atoms with Gasteiger partial charge in [0, 0.05) is 5.56 Å². The van der Waals surface area contributed by atoms with Gasteiger partial charge in [0.25, 0.3) is 0 Å². The van der Waals surface area contributed by atoms with Crippen LogP contribution in [0, 0.1) is 5.92 Å². The van der Waals surface area contributed by atoms with Gasteiger partial charge in [-0.3, -0.25) is 4.79 Å². The van der Waals surface area contributed by atoms with E-state index >= 15 is 0 Å². The Labute approximate surface area is 166 Å².